The lowest BCUT2D eigenvalue weighted by Gasteiger charge is -2.38. The van der Waals surface area contributed by atoms with Gasteiger partial charge in [-0.25, -0.2) is 0 Å². The van der Waals surface area contributed by atoms with Crippen molar-refractivity contribution in [3.63, 3.8) is 0 Å². The van der Waals surface area contributed by atoms with E-state index in [9.17, 15) is 42.1 Å². The number of nitriles is 4. The van der Waals surface area contributed by atoms with Crippen molar-refractivity contribution in [2.45, 2.75) is 74.2 Å². The smallest absolute Gasteiger partial charge is 0.411 e. The molecule has 0 heterocycles. The molecule has 1 atom stereocenters. The molecule has 0 bridgehead atoms. The second-order valence-electron chi connectivity index (χ2n) is 19.5. The molecule has 1 unspecified atom stereocenters. The molecule has 0 aliphatic carbocycles. The maximum Gasteiger partial charge on any atom is 0.411 e. The highest BCUT2D eigenvalue weighted by Crippen LogP contribution is 2.58. The third kappa shape index (κ3) is 12.5. The van der Waals surface area contributed by atoms with Crippen molar-refractivity contribution in [1.29, 1.82) is 21.0 Å². The van der Waals surface area contributed by atoms with Crippen molar-refractivity contribution in [2.75, 3.05) is 0 Å². The number of rotatable bonds is 16. The van der Waals surface area contributed by atoms with Gasteiger partial charge >= 0.3 is 24.7 Å². The number of halogens is 12. The Labute approximate surface area is 484 Å². The van der Waals surface area contributed by atoms with Crippen LogP contribution in [0.25, 0.3) is 0 Å². The Balaban J connectivity index is 0.930. The summed E-state index contributed by atoms with van der Waals surface area (Å²) in [4.78, 5) is 0. The van der Waals surface area contributed by atoms with Crippen molar-refractivity contribution in [3.8, 4) is 76.4 Å². The van der Waals surface area contributed by atoms with Gasteiger partial charge in [0.25, 0.3) is 0 Å². The van der Waals surface area contributed by atoms with Crippen LogP contribution in [-0.2, 0) is 16.4 Å². The molecule has 8 aromatic rings. The molecule has 0 fully saturated rings. The molecule has 8 rings (SSSR count). The lowest BCUT2D eigenvalue weighted by atomic mass is 9.73. The van der Waals surface area contributed by atoms with E-state index in [2.05, 4.69) is 11.8 Å². The molecule has 0 saturated heterocycles. The van der Waals surface area contributed by atoms with E-state index in [4.69, 9.17) is 24.2 Å². The molecular formula is C66H42F12N4O4. The molecule has 0 aliphatic rings. The van der Waals surface area contributed by atoms with E-state index >= 15 is 26.3 Å². The van der Waals surface area contributed by atoms with Crippen LogP contribution >= 0.6 is 0 Å². The quantitative estimate of drug-likeness (QED) is 0.0690. The Morgan fingerprint density at radius 2 is 0.616 bits per heavy atom. The average Bonchev–Trinajstić information content (AvgIpc) is 0.781. The lowest BCUT2D eigenvalue weighted by molar-refractivity contribution is -0.290. The monoisotopic (exact) mass is 1180 g/mol. The highest BCUT2D eigenvalue weighted by molar-refractivity contribution is 5.54. The Hall–Kier alpha value is -10.4. The molecular weight excluding hydrogens is 1140 g/mol. The van der Waals surface area contributed by atoms with Gasteiger partial charge in [0.1, 0.15) is 70.1 Å². The standard InChI is InChI=1S/C66H42F12N4O4/c1-3-4-35-60(2,52-13-11-44(38-79)46(36-52)40-81)86-58-33-20-51(21-34-58)62(65(73,74)75,66(76,77)78)49-16-29-56(30-17-49)84-54-24-9-43(10-25-54)6-5-42-7-22-53(23-8-42)83-55-27-14-48(15-28-55)61(63(67,68)69,64(70,71)72)50-18-31-57(32-19-50)85-59-26-12-45(39-80)47(37-59)41-82/h7-34,36-37H,3-4,35H2,1-2H3. The number of hydrogen-bond acceptors (Lipinski definition) is 8. The topological polar surface area (TPSA) is 132 Å². The zero-order chi connectivity index (χ0) is 62.3. The summed E-state index contributed by atoms with van der Waals surface area (Å²) in [5.41, 5.74) is -13.2. The molecule has 8 nitrogen and oxygen atoms in total. The summed E-state index contributed by atoms with van der Waals surface area (Å²) in [6.07, 6.45) is -21.9. The van der Waals surface area contributed by atoms with Gasteiger partial charge in [-0.3, -0.25) is 0 Å². The van der Waals surface area contributed by atoms with E-state index in [1.54, 1.807) is 19.1 Å². The zero-order valence-electron chi connectivity index (χ0n) is 44.9. The van der Waals surface area contributed by atoms with Gasteiger partial charge in [-0.05, 0) is 175 Å². The van der Waals surface area contributed by atoms with Crippen LogP contribution in [0.5, 0.6) is 40.2 Å². The fourth-order valence-electron chi connectivity index (χ4n) is 9.69. The predicted molar refractivity (Wildman–Crippen MR) is 290 cm³/mol. The molecule has 86 heavy (non-hydrogen) atoms. The van der Waals surface area contributed by atoms with Crippen LogP contribution in [0.1, 0.15) is 94.3 Å². The van der Waals surface area contributed by atoms with Crippen LogP contribution in [-0.4, -0.2) is 24.7 Å². The molecule has 8 aromatic carbocycles. The number of hydrogen-bond donors (Lipinski definition) is 0. The molecule has 0 aromatic heterocycles. The lowest BCUT2D eigenvalue weighted by Crippen LogP contribution is -2.54. The minimum absolute atomic E-state index is 0.0104. The first kappa shape index (κ1) is 61.7. The van der Waals surface area contributed by atoms with Gasteiger partial charge in [0.15, 0.2) is 0 Å². The highest BCUT2D eigenvalue weighted by atomic mass is 19.4. The van der Waals surface area contributed by atoms with Gasteiger partial charge in [-0.2, -0.15) is 73.7 Å². The summed E-state index contributed by atoms with van der Waals surface area (Å²) in [6, 6.07) is 40.8. The highest BCUT2D eigenvalue weighted by Gasteiger charge is 2.73. The molecule has 0 amide bonds. The number of benzene rings is 8. The maximum atomic E-state index is 15.2. The number of unbranched alkanes of at least 4 members (excludes halogenated alkanes) is 1. The summed E-state index contributed by atoms with van der Waals surface area (Å²) in [7, 11) is 0. The second-order valence-corrected chi connectivity index (χ2v) is 19.5. The van der Waals surface area contributed by atoms with Crippen molar-refractivity contribution in [1.82, 2.24) is 0 Å². The summed E-state index contributed by atoms with van der Waals surface area (Å²) in [5, 5.41) is 37.5. The van der Waals surface area contributed by atoms with Gasteiger partial charge in [0, 0.05) is 11.1 Å². The van der Waals surface area contributed by atoms with Crippen molar-refractivity contribution in [2.24, 2.45) is 0 Å². The first-order valence-electron chi connectivity index (χ1n) is 25.8. The average molecular weight is 1180 g/mol. The van der Waals surface area contributed by atoms with Gasteiger partial charge in [0.2, 0.25) is 10.8 Å². The second kappa shape index (κ2) is 24.5. The van der Waals surface area contributed by atoms with E-state index in [0.717, 1.165) is 48.5 Å². The van der Waals surface area contributed by atoms with Gasteiger partial charge in [-0.1, -0.05) is 79.8 Å². The van der Waals surface area contributed by atoms with E-state index in [0.29, 0.717) is 84.5 Å². The van der Waals surface area contributed by atoms with Crippen LogP contribution in [0.3, 0.4) is 0 Å². The minimum Gasteiger partial charge on any atom is -0.483 e. The first-order valence-corrected chi connectivity index (χ1v) is 25.8. The Bertz CT molecular complexity index is 3950. The van der Waals surface area contributed by atoms with Gasteiger partial charge in [0.05, 0.1) is 22.3 Å². The fraction of sp³-hybridized carbons (Fsp3) is 0.182. The summed E-state index contributed by atoms with van der Waals surface area (Å²) >= 11 is 0. The van der Waals surface area contributed by atoms with Crippen LogP contribution in [0.4, 0.5) is 52.7 Å². The Morgan fingerprint density at radius 1 is 0.337 bits per heavy atom. The van der Waals surface area contributed by atoms with E-state index in [1.807, 2.05) is 25.1 Å². The van der Waals surface area contributed by atoms with Crippen LogP contribution in [0, 0.1) is 57.2 Å². The summed E-state index contributed by atoms with van der Waals surface area (Å²) in [6.45, 7) is 3.59. The Morgan fingerprint density at radius 3 is 0.942 bits per heavy atom. The van der Waals surface area contributed by atoms with E-state index in [-0.39, 0.29) is 62.5 Å². The minimum atomic E-state index is -5.90. The Kier molecular flexibility index (Phi) is 17.5. The summed E-state index contributed by atoms with van der Waals surface area (Å²) < 4.78 is 204. The predicted octanol–water partition coefficient (Wildman–Crippen LogP) is 18.3. The molecule has 0 aliphatic heterocycles. The van der Waals surface area contributed by atoms with Crippen LogP contribution in [0.2, 0.25) is 0 Å². The van der Waals surface area contributed by atoms with E-state index < -0.39 is 63.4 Å². The fourth-order valence-corrected chi connectivity index (χ4v) is 9.69. The van der Waals surface area contributed by atoms with Crippen LogP contribution < -0.4 is 18.9 Å². The van der Waals surface area contributed by atoms with Gasteiger partial charge in [-0.15, -0.1) is 0 Å². The zero-order valence-corrected chi connectivity index (χ0v) is 44.9. The third-order valence-electron chi connectivity index (χ3n) is 14.1. The molecule has 0 radical (unpaired) electrons. The molecule has 20 heteroatoms. The molecule has 0 N–H and O–H groups in total. The molecule has 434 valence electrons. The third-order valence-corrected chi connectivity index (χ3v) is 14.1. The van der Waals surface area contributed by atoms with Gasteiger partial charge < -0.3 is 18.9 Å². The van der Waals surface area contributed by atoms with Crippen molar-refractivity contribution in [3.05, 3.63) is 243 Å². The van der Waals surface area contributed by atoms with Crippen LogP contribution in [0.15, 0.2) is 182 Å². The van der Waals surface area contributed by atoms with Crippen molar-refractivity contribution < 1.29 is 71.6 Å². The largest absolute Gasteiger partial charge is 0.483 e. The summed E-state index contributed by atoms with van der Waals surface area (Å²) in [5.74, 6) is 5.75. The first-order chi connectivity index (χ1) is 40.7. The maximum absolute atomic E-state index is 15.2. The molecule has 0 spiro atoms. The molecule has 0 saturated carbocycles. The van der Waals surface area contributed by atoms with E-state index in [1.165, 1.54) is 78.9 Å². The number of alkyl halides is 12. The number of nitrogens with zero attached hydrogens (tertiary/aromatic N) is 4. The normalized spacial score (nSPS) is 12.6. The van der Waals surface area contributed by atoms with Crippen molar-refractivity contribution >= 4 is 0 Å². The number of ether oxygens (including phenoxy) is 4. The SMILES string of the molecule is CCCCC(C)(Oc1ccc(C(c2ccc(Oc3ccc(C#Cc4ccc(Oc5ccc(C(c6ccc(Oc7ccc(C#N)c(C#N)c7)cc6)(C(F)(F)F)C(F)(F)F)cc5)cc4)cc3)cc2)(C(F)(F)F)C(F)(F)F)cc1)c1ccc(C#N)c(C#N)c1.